The summed E-state index contributed by atoms with van der Waals surface area (Å²) in [6, 6.07) is 122. The van der Waals surface area contributed by atoms with E-state index in [9.17, 15) is 4.79 Å². The van der Waals surface area contributed by atoms with Gasteiger partial charge in [0, 0.05) is 22.6 Å². The largest absolute Gasteiger partial charge is 0.457 e. The molecule has 0 N–H and O–H groups in total. The lowest BCUT2D eigenvalue weighted by Crippen LogP contribution is -2.06. The molecular formula is C80H72O3S. The van der Waals surface area contributed by atoms with Crippen molar-refractivity contribution in [3.05, 3.63) is 415 Å². The van der Waals surface area contributed by atoms with Crippen LogP contribution in [0.3, 0.4) is 0 Å². The van der Waals surface area contributed by atoms with Gasteiger partial charge in [0.05, 0.1) is 13.2 Å². The van der Waals surface area contributed by atoms with Crippen molar-refractivity contribution in [2.75, 3.05) is 0 Å². The molecule has 0 amide bonds. The van der Waals surface area contributed by atoms with Crippen molar-refractivity contribution < 1.29 is 14.3 Å². The van der Waals surface area contributed by atoms with Crippen molar-refractivity contribution >= 4 is 23.1 Å². The molecule has 0 aliphatic heterocycles. The third kappa shape index (κ3) is 25.3. The molecular weight excluding hydrogens is 1040 g/mol. The molecule has 0 aliphatic rings. The number of hydrogen-bond donors (Lipinski definition) is 0. The Kier molecular flexibility index (Phi) is 27.9. The van der Waals surface area contributed by atoms with Crippen LogP contribution in [0.15, 0.2) is 380 Å². The van der Waals surface area contributed by atoms with E-state index in [2.05, 4.69) is 164 Å². The summed E-state index contributed by atoms with van der Waals surface area (Å²) in [6.45, 7) is 5.45. The molecule has 0 atom stereocenters. The predicted molar refractivity (Wildman–Crippen MR) is 353 cm³/mol. The highest BCUT2D eigenvalue weighted by Gasteiger charge is 2.05. The van der Waals surface area contributed by atoms with E-state index in [1.165, 1.54) is 43.2 Å². The molecule has 0 radical (unpaired) electrons. The number of rotatable bonds is 16. The minimum absolute atomic E-state index is 0.261. The topological polar surface area (TPSA) is 35.5 Å². The Labute approximate surface area is 503 Å². The standard InChI is InChI=1S/C15H14O.C14H14O.C14H12.C13H12.C12H10O.C12H10S/c16-15(11-13-7-3-1-4-8-13)12-14-9-5-2-6-10-14;1-3-7-13(8-4-1)11-15-12-14-9-5-2-6-10-14;1-12(13-8-4-2-5-9-13)14-10-6-3-7-11-14;1-3-7-12(8-4-1)11-13-9-5-2-6-10-13;2*1-3-7-11(8-4-1)13-12-9-5-2-6-10-12/h1-10H,11-12H2;1-10H,11-12H2;2-11H,1H2;1-10H,11H2;2*1-10H. The van der Waals surface area contributed by atoms with Gasteiger partial charge in [0.15, 0.2) is 0 Å². The van der Waals surface area contributed by atoms with Crippen LogP contribution in [-0.2, 0) is 42.0 Å². The second-order valence-electron chi connectivity index (χ2n) is 19.1. The number of ether oxygens (including phenoxy) is 2. The lowest BCUT2D eigenvalue weighted by Gasteiger charge is -2.04. The molecule has 4 heteroatoms. The number of ketones is 1. The summed E-state index contributed by atoms with van der Waals surface area (Å²) in [6.07, 6.45) is 2.08. The van der Waals surface area contributed by atoms with Crippen LogP contribution in [0.5, 0.6) is 11.5 Å². The van der Waals surface area contributed by atoms with Crippen LogP contribution in [0.2, 0.25) is 0 Å². The van der Waals surface area contributed by atoms with Gasteiger partial charge in [-0.2, -0.15) is 0 Å². The Morgan fingerprint density at radius 2 is 0.524 bits per heavy atom. The summed E-state index contributed by atoms with van der Waals surface area (Å²) in [5.41, 5.74) is 10.8. The minimum atomic E-state index is 0.261. The molecule has 0 spiro atoms. The zero-order valence-electron chi connectivity index (χ0n) is 47.5. The Hall–Kier alpha value is -9.84. The molecule has 0 saturated carbocycles. The summed E-state index contributed by atoms with van der Waals surface area (Å²) in [7, 11) is 0. The minimum Gasteiger partial charge on any atom is -0.457 e. The highest BCUT2D eigenvalue weighted by molar-refractivity contribution is 7.99. The van der Waals surface area contributed by atoms with Gasteiger partial charge >= 0.3 is 0 Å². The van der Waals surface area contributed by atoms with Crippen LogP contribution >= 0.6 is 11.8 Å². The first-order valence-electron chi connectivity index (χ1n) is 28.2. The summed E-state index contributed by atoms with van der Waals surface area (Å²) in [4.78, 5) is 14.4. The van der Waals surface area contributed by atoms with Gasteiger partial charge in [0.2, 0.25) is 0 Å². The fraction of sp³-hybridized carbons (Fsp3) is 0.0625. The Bertz CT molecular complexity index is 3140. The van der Waals surface area contributed by atoms with Gasteiger partial charge in [-0.1, -0.05) is 334 Å². The van der Waals surface area contributed by atoms with Crippen molar-refractivity contribution in [3.63, 3.8) is 0 Å². The molecule has 0 saturated heterocycles. The summed E-state index contributed by atoms with van der Waals surface area (Å²) in [5.74, 6) is 2.00. The van der Waals surface area contributed by atoms with E-state index >= 15 is 0 Å². The molecule has 416 valence electrons. The summed E-state index contributed by atoms with van der Waals surface area (Å²) in [5, 5.41) is 0. The number of hydrogen-bond acceptors (Lipinski definition) is 4. The molecule has 0 unspecified atom stereocenters. The van der Waals surface area contributed by atoms with E-state index in [-0.39, 0.29) is 5.78 Å². The maximum atomic E-state index is 11.8. The van der Waals surface area contributed by atoms with Gasteiger partial charge in [0.1, 0.15) is 17.3 Å². The number of para-hydroxylation sites is 2. The van der Waals surface area contributed by atoms with Gasteiger partial charge < -0.3 is 9.47 Å². The van der Waals surface area contributed by atoms with E-state index < -0.39 is 0 Å². The lowest BCUT2D eigenvalue weighted by atomic mass is 10.0. The average molecular weight is 1110 g/mol. The Morgan fingerprint density at radius 1 is 0.286 bits per heavy atom. The normalized spacial score (nSPS) is 9.86. The first-order valence-corrected chi connectivity index (χ1v) is 29.0. The highest BCUT2D eigenvalue weighted by Crippen LogP contribution is 2.27. The van der Waals surface area contributed by atoms with Crippen molar-refractivity contribution in [2.24, 2.45) is 0 Å². The maximum Gasteiger partial charge on any atom is 0.141 e. The van der Waals surface area contributed by atoms with E-state index in [0.717, 1.165) is 34.6 Å². The molecule has 84 heavy (non-hydrogen) atoms. The molecule has 3 nitrogen and oxygen atoms in total. The first kappa shape index (κ1) is 61.8. The first-order chi connectivity index (χ1) is 41.5. The van der Waals surface area contributed by atoms with Gasteiger partial charge in [-0.3, -0.25) is 4.79 Å². The zero-order chi connectivity index (χ0) is 58.2. The van der Waals surface area contributed by atoms with Crippen LogP contribution < -0.4 is 4.74 Å². The molecule has 0 heterocycles. The van der Waals surface area contributed by atoms with Crippen LogP contribution in [0.25, 0.3) is 5.57 Å². The third-order valence-electron chi connectivity index (χ3n) is 12.5. The SMILES string of the molecule is C=C(c1ccccc1)c1ccccc1.O=C(Cc1ccccc1)Cc1ccccc1.c1ccc(COCc2ccccc2)cc1.c1ccc(Cc2ccccc2)cc1.c1ccc(Oc2ccccc2)cc1.c1ccc(Sc2ccccc2)cc1. The Morgan fingerprint density at radius 3 is 0.821 bits per heavy atom. The highest BCUT2D eigenvalue weighted by atomic mass is 32.2. The van der Waals surface area contributed by atoms with Gasteiger partial charge in [0.25, 0.3) is 0 Å². The smallest absolute Gasteiger partial charge is 0.141 e. The fourth-order valence-corrected chi connectivity index (χ4v) is 9.10. The molecule has 12 aromatic carbocycles. The molecule has 12 rings (SSSR count). The predicted octanol–water partition coefficient (Wildman–Crippen LogP) is 20.8. The summed E-state index contributed by atoms with van der Waals surface area (Å²) >= 11 is 1.79. The van der Waals surface area contributed by atoms with Crippen LogP contribution in [0, 0.1) is 0 Å². The molecule has 12 aromatic rings. The Balaban J connectivity index is 0.000000145. The number of Topliss-reactive ketones (excluding diaryl/α,β-unsaturated/α-hetero) is 1. The van der Waals surface area contributed by atoms with Crippen LogP contribution in [0.4, 0.5) is 0 Å². The van der Waals surface area contributed by atoms with E-state index in [1.54, 1.807) is 11.8 Å². The average Bonchev–Trinajstić information content (AvgIpc) is 3.61. The van der Waals surface area contributed by atoms with E-state index in [4.69, 9.17) is 9.47 Å². The number of carbonyl (C=O) groups is 1. The van der Waals surface area contributed by atoms with Crippen molar-refractivity contribution in [1.29, 1.82) is 0 Å². The quantitative estimate of drug-likeness (QED) is 0.0966. The molecule has 0 fully saturated rings. The van der Waals surface area contributed by atoms with Crippen molar-refractivity contribution in [2.45, 2.75) is 42.3 Å². The number of carbonyl (C=O) groups excluding carboxylic acids is 1. The van der Waals surface area contributed by atoms with Crippen molar-refractivity contribution in [3.8, 4) is 11.5 Å². The zero-order valence-corrected chi connectivity index (χ0v) is 48.3. The number of benzene rings is 12. The van der Waals surface area contributed by atoms with E-state index in [0.29, 0.717) is 26.1 Å². The van der Waals surface area contributed by atoms with Crippen LogP contribution in [0.1, 0.15) is 44.5 Å². The van der Waals surface area contributed by atoms with E-state index in [1.807, 2.05) is 206 Å². The van der Waals surface area contributed by atoms with Crippen LogP contribution in [-0.4, -0.2) is 5.78 Å². The molecule has 0 bridgehead atoms. The molecule has 0 aromatic heterocycles. The van der Waals surface area contributed by atoms with Gasteiger partial charge in [-0.15, -0.1) is 0 Å². The van der Waals surface area contributed by atoms with Crippen molar-refractivity contribution in [1.82, 2.24) is 0 Å². The molecule has 0 aliphatic carbocycles. The second-order valence-corrected chi connectivity index (χ2v) is 20.3. The monoisotopic (exact) mass is 1110 g/mol. The lowest BCUT2D eigenvalue weighted by molar-refractivity contribution is -0.117. The van der Waals surface area contributed by atoms with Gasteiger partial charge in [-0.05, 0) is 105 Å². The second kappa shape index (κ2) is 38.0. The maximum absolute atomic E-state index is 11.8. The third-order valence-corrected chi connectivity index (χ3v) is 13.5. The van der Waals surface area contributed by atoms with Gasteiger partial charge in [-0.25, -0.2) is 0 Å². The fourth-order valence-electron chi connectivity index (χ4n) is 8.24. The summed E-state index contributed by atoms with van der Waals surface area (Å²) < 4.78 is 11.2.